The SMILES string of the molecule is CC(C)COc1ccc(NC(=O)Cc2csc(NC(=O)c3ccco3)n2)cc1Cl. The number of rotatable bonds is 8. The van der Waals surface area contributed by atoms with Crippen molar-refractivity contribution in [1.29, 1.82) is 0 Å². The van der Waals surface area contributed by atoms with Crippen LogP contribution in [0.15, 0.2) is 46.4 Å². The minimum atomic E-state index is -0.394. The fourth-order valence-corrected chi connectivity index (χ4v) is 3.27. The van der Waals surface area contributed by atoms with Gasteiger partial charge in [0.1, 0.15) is 5.75 Å². The largest absolute Gasteiger partial charge is 0.492 e. The molecule has 152 valence electrons. The predicted molar refractivity (Wildman–Crippen MR) is 113 cm³/mol. The quantitative estimate of drug-likeness (QED) is 0.529. The molecule has 0 saturated carbocycles. The van der Waals surface area contributed by atoms with E-state index in [0.29, 0.717) is 39.8 Å². The van der Waals surface area contributed by atoms with Crippen LogP contribution in [0, 0.1) is 5.92 Å². The first-order valence-electron chi connectivity index (χ1n) is 8.92. The lowest BCUT2D eigenvalue weighted by Gasteiger charge is -2.11. The van der Waals surface area contributed by atoms with Gasteiger partial charge in [0, 0.05) is 11.1 Å². The van der Waals surface area contributed by atoms with Crippen LogP contribution >= 0.6 is 22.9 Å². The van der Waals surface area contributed by atoms with Gasteiger partial charge < -0.3 is 14.5 Å². The van der Waals surface area contributed by atoms with Crippen molar-refractivity contribution in [2.24, 2.45) is 5.92 Å². The number of aromatic nitrogens is 1. The Morgan fingerprint density at radius 1 is 1.28 bits per heavy atom. The van der Waals surface area contributed by atoms with Crippen LogP contribution in [0.25, 0.3) is 0 Å². The molecule has 2 N–H and O–H groups in total. The Morgan fingerprint density at radius 2 is 2.10 bits per heavy atom. The van der Waals surface area contributed by atoms with E-state index in [1.807, 2.05) is 0 Å². The number of hydrogen-bond donors (Lipinski definition) is 2. The Hall–Kier alpha value is -2.84. The Bertz CT molecular complexity index is 986. The number of benzene rings is 1. The summed E-state index contributed by atoms with van der Waals surface area (Å²) in [5, 5.41) is 7.95. The van der Waals surface area contributed by atoms with Crippen LogP contribution in [-0.2, 0) is 11.2 Å². The summed E-state index contributed by atoms with van der Waals surface area (Å²) in [5.41, 5.74) is 1.11. The minimum absolute atomic E-state index is 0.0658. The van der Waals surface area contributed by atoms with Crippen molar-refractivity contribution in [2.75, 3.05) is 17.2 Å². The molecule has 0 spiro atoms. The predicted octanol–water partition coefficient (Wildman–Crippen LogP) is 4.86. The summed E-state index contributed by atoms with van der Waals surface area (Å²) in [6.45, 7) is 4.66. The first kappa shape index (κ1) is 20.9. The highest BCUT2D eigenvalue weighted by Gasteiger charge is 2.13. The van der Waals surface area contributed by atoms with Gasteiger partial charge in [0.05, 0.1) is 30.0 Å². The second-order valence-electron chi connectivity index (χ2n) is 6.65. The third-order valence-electron chi connectivity index (χ3n) is 3.65. The van der Waals surface area contributed by atoms with E-state index in [2.05, 4.69) is 29.5 Å². The van der Waals surface area contributed by atoms with Crippen LogP contribution in [0.4, 0.5) is 10.8 Å². The van der Waals surface area contributed by atoms with Crippen molar-refractivity contribution in [1.82, 2.24) is 4.98 Å². The van der Waals surface area contributed by atoms with E-state index in [-0.39, 0.29) is 18.1 Å². The van der Waals surface area contributed by atoms with E-state index >= 15 is 0 Å². The smallest absolute Gasteiger partial charge is 0.293 e. The molecule has 0 saturated heterocycles. The van der Waals surface area contributed by atoms with Crippen LogP contribution in [-0.4, -0.2) is 23.4 Å². The number of halogens is 1. The second-order valence-corrected chi connectivity index (χ2v) is 7.92. The highest BCUT2D eigenvalue weighted by molar-refractivity contribution is 7.14. The van der Waals surface area contributed by atoms with Crippen LogP contribution in [0.1, 0.15) is 30.1 Å². The maximum absolute atomic E-state index is 12.3. The van der Waals surface area contributed by atoms with Crippen molar-refractivity contribution < 1.29 is 18.7 Å². The summed E-state index contributed by atoms with van der Waals surface area (Å²) in [7, 11) is 0. The number of carbonyl (C=O) groups excluding carboxylic acids is 2. The lowest BCUT2D eigenvalue weighted by atomic mass is 10.2. The molecule has 7 nitrogen and oxygen atoms in total. The number of anilines is 2. The van der Waals surface area contributed by atoms with Gasteiger partial charge >= 0.3 is 0 Å². The molecule has 0 unspecified atom stereocenters. The second kappa shape index (κ2) is 9.58. The number of hydrogen-bond acceptors (Lipinski definition) is 6. The monoisotopic (exact) mass is 433 g/mol. The summed E-state index contributed by atoms with van der Waals surface area (Å²) in [5.74, 6) is 0.519. The van der Waals surface area contributed by atoms with E-state index in [4.69, 9.17) is 20.8 Å². The number of nitrogens with zero attached hydrogens (tertiary/aromatic N) is 1. The van der Waals surface area contributed by atoms with Crippen molar-refractivity contribution >= 4 is 45.6 Å². The van der Waals surface area contributed by atoms with Gasteiger partial charge in [-0.2, -0.15) is 0 Å². The first-order chi connectivity index (χ1) is 13.9. The molecule has 0 aliphatic rings. The van der Waals surface area contributed by atoms with Crippen molar-refractivity contribution in [3.8, 4) is 5.75 Å². The van der Waals surface area contributed by atoms with Gasteiger partial charge in [-0.25, -0.2) is 4.98 Å². The Kier molecular flexibility index (Phi) is 6.90. The molecule has 0 radical (unpaired) electrons. The van der Waals surface area contributed by atoms with E-state index in [9.17, 15) is 9.59 Å². The van der Waals surface area contributed by atoms with Crippen LogP contribution < -0.4 is 15.4 Å². The summed E-state index contributed by atoms with van der Waals surface area (Å²) in [6.07, 6.45) is 1.48. The molecule has 1 aromatic carbocycles. The zero-order valence-electron chi connectivity index (χ0n) is 15.9. The lowest BCUT2D eigenvalue weighted by Crippen LogP contribution is -2.15. The molecule has 3 rings (SSSR count). The highest BCUT2D eigenvalue weighted by Crippen LogP contribution is 2.28. The highest BCUT2D eigenvalue weighted by atomic mass is 35.5. The molecule has 0 atom stereocenters. The summed E-state index contributed by atoms with van der Waals surface area (Å²) >= 11 is 7.45. The molecule has 2 aromatic heterocycles. The molecule has 9 heteroatoms. The van der Waals surface area contributed by atoms with E-state index in [0.717, 1.165) is 0 Å². The van der Waals surface area contributed by atoms with E-state index in [1.165, 1.54) is 17.6 Å². The van der Waals surface area contributed by atoms with Gasteiger partial charge in [-0.1, -0.05) is 25.4 Å². The van der Waals surface area contributed by atoms with E-state index < -0.39 is 5.91 Å². The van der Waals surface area contributed by atoms with E-state index in [1.54, 1.807) is 35.7 Å². The average Bonchev–Trinajstić information content (AvgIpc) is 3.33. The standard InChI is InChI=1S/C20H20ClN3O4S/c1-12(2)10-28-16-6-5-13(8-15(16)21)22-18(25)9-14-11-29-20(23-14)24-19(26)17-4-3-7-27-17/h3-8,11-12H,9-10H2,1-2H3,(H,22,25)(H,23,24,26). The number of ether oxygens (including phenoxy) is 1. The molecule has 0 bridgehead atoms. The zero-order valence-corrected chi connectivity index (χ0v) is 17.5. The van der Waals surface area contributed by atoms with Crippen LogP contribution in [0.3, 0.4) is 0 Å². The molecule has 2 amide bonds. The third kappa shape index (κ3) is 6.07. The van der Waals surface area contributed by atoms with Crippen molar-refractivity contribution in [3.05, 3.63) is 58.5 Å². The normalized spacial score (nSPS) is 10.8. The molecule has 3 aromatic rings. The summed E-state index contributed by atoms with van der Waals surface area (Å²) in [6, 6.07) is 8.29. The van der Waals surface area contributed by atoms with Gasteiger partial charge in [-0.05, 0) is 36.2 Å². The van der Waals surface area contributed by atoms with Gasteiger partial charge in [-0.3, -0.25) is 14.9 Å². The molecule has 0 aliphatic carbocycles. The zero-order chi connectivity index (χ0) is 20.8. The molecule has 0 aliphatic heterocycles. The lowest BCUT2D eigenvalue weighted by molar-refractivity contribution is -0.115. The molecule has 29 heavy (non-hydrogen) atoms. The fraction of sp³-hybridized carbons (Fsp3) is 0.250. The number of furan rings is 1. The summed E-state index contributed by atoms with van der Waals surface area (Å²) in [4.78, 5) is 28.5. The summed E-state index contributed by atoms with van der Waals surface area (Å²) < 4.78 is 10.7. The minimum Gasteiger partial charge on any atom is -0.492 e. The van der Waals surface area contributed by atoms with Crippen LogP contribution in [0.5, 0.6) is 5.75 Å². The average molecular weight is 434 g/mol. The maximum Gasteiger partial charge on any atom is 0.293 e. The van der Waals surface area contributed by atoms with Crippen molar-refractivity contribution in [2.45, 2.75) is 20.3 Å². The molecule has 0 fully saturated rings. The third-order valence-corrected chi connectivity index (χ3v) is 4.75. The van der Waals surface area contributed by atoms with Crippen molar-refractivity contribution in [3.63, 3.8) is 0 Å². The van der Waals surface area contributed by atoms with Gasteiger partial charge in [0.25, 0.3) is 5.91 Å². The molecule has 2 heterocycles. The van der Waals surface area contributed by atoms with Gasteiger partial charge in [0.15, 0.2) is 10.9 Å². The maximum atomic E-state index is 12.3. The van der Waals surface area contributed by atoms with Crippen LogP contribution in [0.2, 0.25) is 5.02 Å². The Labute approximate surface area is 177 Å². The topological polar surface area (TPSA) is 93.5 Å². The van der Waals surface area contributed by atoms with Gasteiger partial charge in [-0.15, -0.1) is 11.3 Å². The number of thiazole rings is 1. The first-order valence-corrected chi connectivity index (χ1v) is 10.2. The Balaban J connectivity index is 1.54. The number of carbonyl (C=O) groups is 2. The number of amides is 2. The Morgan fingerprint density at radius 3 is 2.79 bits per heavy atom. The molecular weight excluding hydrogens is 414 g/mol. The number of nitrogens with one attached hydrogen (secondary N) is 2. The molecular formula is C20H20ClN3O4S. The van der Waals surface area contributed by atoms with Gasteiger partial charge in [0.2, 0.25) is 5.91 Å². The fourth-order valence-electron chi connectivity index (χ4n) is 2.33.